The minimum atomic E-state index is 0. The monoisotopic (exact) mass is 316 g/mol. The molecule has 1 unspecified atom stereocenters. The normalized spacial score (nSPS) is 30.9. The number of amides is 1. The minimum Gasteiger partial charge on any atom is -0.352 e. The average molecular weight is 317 g/mol. The molecule has 3 aliphatic rings. The number of rotatable bonds is 5. The van der Waals surface area contributed by atoms with Gasteiger partial charge in [-0.2, -0.15) is 0 Å². The summed E-state index contributed by atoms with van der Waals surface area (Å²) in [5.41, 5.74) is 0.450. The van der Waals surface area contributed by atoms with Crippen LogP contribution < -0.4 is 10.6 Å². The third-order valence-corrected chi connectivity index (χ3v) is 4.84. The zero-order valence-corrected chi connectivity index (χ0v) is 13.9. The topological polar surface area (TPSA) is 47.6 Å². The zero-order valence-electron chi connectivity index (χ0n) is 13.1. The van der Waals surface area contributed by atoms with E-state index in [2.05, 4.69) is 27.4 Å². The second kappa shape index (κ2) is 7.27. The van der Waals surface area contributed by atoms with Crippen molar-refractivity contribution in [3.63, 3.8) is 0 Å². The number of hydrogen-bond acceptors (Lipinski definition) is 4. The third kappa shape index (κ3) is 5.09. The van der Waals surface area contributed by atoms with Gasteiger partial charge in [0.05, 0.1) is 6.54 Å². The summed E-state index contributed by atoms with van der Waals surface area (Å²) in [5.74, 6) is 0.216. The van der Waals surface area contributed by atoms with Crippen LogP contribution in [0.5, 0.6) is 0 Å². The molecule has 1 amide bonds. The van der Waals surface area contributed by atoms with Gasteiger partial charge in [0.2, 0.25) is 5.91 Å². The first-order valence-corrected chi connectivity index (χ1v) is 8.08. The first kappa shape index (κ1) is 17.0. The van der Waals surface area contributed by atoms with Crippen LogP contribution in [0.2, 0.25) is 0 Å². The number of piperazine rings is 1. The first-order valence-electron chi connectivity index (χ1n) is 8.08. The molecule has 0 aromatic rings. The predicted octanol–water partition coefficient (Wildman–Crippen LogP) is 0.304. The fraction of sp³-hybridized carbons (Fsp3) is 0.933. The van der Waals surface area contributed by atoms with Gasteiger partial charge in [0.1, 0.15) is 0 Å². The molecular weight excluding hydrogens is 288 g/mol. The Morgan fingerprint density at radius 1 is 1.24 bits per heavy atom. The standard InChI is InChI=1S/C15H28N4O.ClH/c1-15(4-5-16-11-15)12-19-8-6-18(7-9-19)10-14(20)17-13-2-3-13;/h13,16H,2-12H2,1H3,(H,17,20);1H. The molecule has 2 heterocycles. The summed E-state index contributed by atoms with van der Waals surface area (Å²) in [7, 11) is 0. The van der Waals surface area contributed by atoms with Crippen LogP contribution in [0.4, 0.5) is 0 Å². The summed E-state index contributed by atoms with van der Waals surface area (Å²) in [6, 6.07) is 0.485. The van der Waals surface area contributed by atoms with Crippen LogP contribution >= 0.6 is 12.4 Å². The van der Waals surface area contributed by atoms with E-state index in [0.29, 0.717) is 18.0 Å². The van der Waals surface area contributed by atoms with Crippen molar-refractivity contribution < 1.29 is 4.79 Å². The minimum absolute atomic E-state index is 0. The Morgan fingerprint density at radius 2 is 1.90 bits per heavy atom. The van der Waals surface area contributed by atoms with E-state index in [1.807, 2.05) is 0 Å². The van der Waals surface area contributed by atoms with E-state index in [-0.39, 0.29) is 18.3 Å². The molecule has 21 heavy (non-hydrogen) atoms. The summed E-state index contributed by atoms with van der Waals surface area (Å²) >= 11 is 0. The molecule has 2 aliphatic heterocycles. The van der Waals surface area contributed by atoms with Crippen molar-refractivity contribution in [2.24, 2.45) is 5.41 Å². The van der Waals surface area contributed by atoms with Crippen LogP contribution in [0, 0.1) is 5.41 Å². The maximum atomic E-state index is 11.8. The number of nitrogens with zero attached hydrogens (tertiary/aromatic N) is 2. The molecule has 1 saturated carbocycles. The van der Waals surface area contributed by atoms with Gasteiger partial charge in [-0.1, -0.05) is 6.92 Å². The lowest BCUT2D eigenvalue weighted by Gasteiger charge is -2.38. The Hall–Kier alpha value is -0.360. The molecule has 0 aromatic heterocycles. The van der Waals surface area contributed by atoms with E-state index in [1.54, 1.807) is 0 Å². The molecule has 6 heteroatoms. The first-order chi connectivity index (χ1) is 9.63. The largest absolute Gasteiger partial charge is 0.352 e. The lowest BCUT2D eigenvalue weighted by Crippen LogP contribution is -2.51. The van der Waals surface area contributed by atoms with Crippen LogP contribution in [-0.2, 0) is 4.79 Å². The number of halogens is 1. The predicted molar refractivity (Wildman–Crippen MR) is 86.9 cm³/mol. The van der Waals surface area contributed by atoms with Gasteiger partial charge in [-0.15, -0.1) is 12.4 Å². The molecule has 0 aromatic carbocycles. The van der Waals surface area contributed by atoms with Gasteiger partial charge >= 0.3 is 0 Å². The van der Waals surface area contributed by atoms with E-state index >= 15 is 0 Å². The molecule has 3 rings (SSSR count). The molecule has 2 saturated heterocycles. The quantitative estimate of drug-likeness (QED) is 0.766. The Bertz CT molecular complexity index is 348. The lowest BCUT2D eigenvalue weighted by molar-refractivity contribution is -0.122. The Labute approximate surface area is 134 Å². The molecule has 0 spiro atoms. The van der Waals surface area contributed by atoms with E-state index in [9.17, 15) is 4.79 Å². The maximum absolute atomic E-state index is 11.8. The van der Waals surface area contributed by atoms with Gasteiger partial charge in [-0.3, -0.25) is 9.69 Å². The second-order valence-electron chi connectivity index (χ2n) is 7.13. The molecular formula is C15H29ClN4O. The summed E-state index contributed by atoms with van der Waals surface area (Å²) in [6.45, 7) is 10.8. The smallest absolute Gasteiger partial charge is 0.234 e. The highest BCUT2D eigenvalue weighted by atomic mass is 35.5. The molecule has 122 valence electrons. The molecule has 0 radical (unpaired) electrons. The van der Waals surface area contributed by atoms with E-state index in [4.69, 9.17) is 0 Å². The van der Waals surface area contributed by atoms with Crippen molar-refractivity contribution in [3.8, 4) is 0 Å². The van der Waals surface area contributed by atoms with E-state index in [0.717, 1.165) is 39.3 Å². The number of hydrogen-bond donors (Lipinski definition) is 2. The lowest BCUT2D eigenvalue weighted by atomic mass is 9.89. The van der Waals surface area contributed by atoms with Gasteiger partial charge in [0, 0.05) is 45.3 Å². The van der Waals surface area contributed by atoms with Crippen molar-refractivity contribution in [2.75, 3.05) is 52.4 Å². The molecule has 1 aliphatic carbocycles. The Morgan fingerprint density at radius 3 is 2.48 bits per heavy atom. The van der Waals surface area contributed by atoms with Gasteiger partial charge in [0.25, 0.3) is 0 Å². The van der Waals surface area contributed by atoms with Gasteiger partial charge in [-0.25, -0.2) is 0 Å². The third-order valence-electron chi connectivity index (χ3n) is 4.84. The number of carbonyl (C=O) groups excluding carboxylic acids is 1. The van der Waals surface area contributed by atoms with Crippen molar-refractivity contribution in [1.82, 2.24) is 20.4 Å². The molecule has 1 atom stereocenters. The molecule has 0 bridgehead atoms. The van der Waals surface area contributed by atoms with Crippen molar-refractivity contribution in [3.05, 3.63) is 0 Å². The van der Waals surface area contributed by atoms with E-state index < -0.39 is 0 Å². The zero-order chi connectivity index (χ0) is 14.0. The Kier molecular flexibility index (Phi) is 5.88. The Balaban J connectivity index is 0.00000161. The van der Waals surface area contributed by atoms with Crippen LogP contribution in [0.1, 0.15) is 26.2 Å². The average Bonchev–Trinajstić information content (AvgIpc) is 3.12. The summed E-state index contributed by atoms with van der Waals surface area (Å²) in [5, 5.41) is 6.55. The maximum Gasteiger partial charge on any atom is 0.234 e. The second-order valence-corrected chi connectivity index (χ2v) is 7.13. The number of carbonyl (C=O) groups is 1. The summed E-state index contributed by atoms with van der Waals surface area (Å²) in [6.07, 6.45) is 3.63. The van der Waals surface area contributed by atoms with Gasteiger partial charge in [-0.05, 0) is 31.2 Å². The molecule has 3 fully saturated rings. The van der Waals surface area contributed by atoms with Crippen LogP contribution in [0.25, 0.3) is 0 Å². The van der Waals surface area contributed by atoms with Gasteiger partial charge < -0.3 is 15.5 Å². The van der Waals surface area contributed by atoms with Crippen LogP contribution in [-0.4, -0.2) is 74.1 Å². The molecule has 5 nitrogen and oxygen atoms in total. The van der Waals surface area contributed by atoms with Crippen molar-refractivity contribution in [2.45, 2.75) is 32.2 Å². The van der Waals surface area contributed by atoms with Crippen molar-refractivity contribution in [1.29, 1.82) is 0 Å². The molecule has 2 N–H and O–H groups in total. The van der Waals surface area contributed by atoms with Crippen LogP contribution in [0.3, 0.4) is 0 Å². The van der Waals surface area contributed by atoms with Crippen LogP contribution in [0.15, 0.2) is 0 Å². The van der Waals surface area contributed by atoms with Crippen molar-refractivity contribution >= 4 is 18.3 Å². The fourth-order valence-corrected chi connectivity index (χ4v) is 3.35. The summed E-state index contributed by atoms with van der Waals surface area (Å²) < 4.78 is 0. The van der Waals surface area contributed by atoms with Gasteiger partial charge in [0.15, 0.2) is 0 Å². The highest BCUT2D eigenvalue weighted by Gasteiger charge is 2.32. The SMILES string of the molecule is CC1(CN2CCN(CC(=O)NC3CC3)CC2)CCNC1.Cl. The highest BCUT2D eigenvalue weighted by Crippen LogP contribution is 2.26. The van der Waals surface area contributed by atoms with E-state index in [1.165, 1.54) is 25.8 Å². The number of nitrogens with one attached hydrogen (secondary N) is 2. The summed E-state index contributed by atoms with van der Waals surface area (Å²) in [4.78, 5) is 16.7. The highest BCUT2D eigenvalue weighted by molar-refractivity contribution is 5.85. The fourth-order valence-electron chi connectivity index (χ4n) is 3.35.